The molecule has 0 radical (unpaired) electrons. The molecule has 2 aromatic rings. The van der Waals surface area contributed by atoms with Gasteiger partial charge in [0.15, 0.2) is 0 Å². The van der Waals surface area contributed by atoms with E-state index in [2.05, 4.69) is 17.0 Å². The van der Waals surface area contributed by atoms with E-state index in [1.165, 1.54) is 6.42 Å². The van der Waals surface area contributed by atoms with Crippen molar-refractivity contribution in [2.24, 2.45) is 5.92 Å². The Bertz CT molecular complexity index is 835. The van der Waals surface area contributed by atoms with Gasteiger partial charge in [-0.15, -0.1) is 11.3 Å². The van der Waals surface area contributed by atoms with E-state index >= 15 is 0 Å². The number of amides is 1. The lowest BCUT2D eigenvalue weighted by Crippen LogP contribution is -2.52. The van der Waals surface area contributed by atoms with Crippen LogP contribution in [0.1, 0.15) is 38.2 Å². The number of rotatable bonds is 7. The number of hydrogen-bond donors (Lipinski definition) is 2. The van der Waals surface area contributed by atoms with Crippen LogP contribution in [0.2, 0.25) is 0 Å². The van der Waals surface area contributed by atoms with Crippen molar-refractivity contribution in [2.75, 3.05) is 0 Å². The zero-order valence-electron chi connectivity index (χ0n) is 15.4. The quantitative estimate of drug-likeness (QED) is 0.741. The molecule has 3 rings (SSSR count). The van der Waals surface area contributed by atoms with Crippen LogP contribution < -0.4 is 10.0 Å². The molecule has 3 atom stereocenters. The van der Waals surface area contributed by atoms with Crippen LogP contribution in [-0.4, -0.2) is 26.4 Å². The minimum absolute atomic E-state index is 0.107. The van der Waals surface area contributed by atoms with Gasteiger partial charge in [0.05, 0.1) is 0 Å². The average Bonchev–Trinajstić information content (AvgIpc) is 3.19. The number of carbonyl (C=O) groups is 1. The predicted molar refractivity (Wildman–Crippen MR) is 108 cm³/mol. The Morgan fingerprint density at radius 1 is 1.15 bits per heavy atom. The minimum Gasteiger partial charge on any atom is -0.352 e. The molecule has 5 nitrogen and oxygen atoms in total. The van der Waals surface area contributed by atoms with Crippen molar-refractivity contribution in [1.82, 2.24) is 10.0 Å². The number of sulfonamides is 1. The third kappa shape index (κ3) is 5.40. The summed E-state index contributed by atoms with van der Waals surface area (Å²) in [6.45, 7) is 2.14. The zero-order valence-corrected chi connectivity index (χ0v) is 17.1. The van der Waals surface area contributed by atoms with Crippen molar-refractivity contribution in [2.45, 2.75) is 55.3 Å². The number of thiophene rings is 1. The lowest BCUT2D eigenvalue weighted by Gasteiger charge is -2.31. The molecule has 1 heterocycles. The fraction of sp³-hybridized carbons (Fsp3) is 0.450. The Kier molecular flexibility index (Phi) is 6.68. The molecule has 146 valence electrons. The van der Waals surface area contributed by atoms with Gasteiger partial charge in [0, 0.05) is 6.04 Å². The summed E-state index contributed by atoms with van der Waals surface area (Å²) in [6.07, 6.45) is 4.64. The van der Waals surface area contributed by atoms with Crippen LogP contribution >= 0.6 is 11.3 Å². The lowest BCUT2D eigenvalue weighted by molar-refractivity contribution is -0.124. The van der Waals surface area contributed by atoms with E-state index in [-0.39, 0.29) is 16.2 Å². The molecule has 1 aliphatic rings. The lowest BCUT2D eigenvalue weighted by atomic mass is 9.86. The molecule has 1 aromatic heterocycles. The van der Waals surface area contributed by atoms with Gasteiger partial charge < -0.3 is 5.32 Å². The van der Waals surface area contributed by atoms with Crippen molar-refractivity contribution in [1.29, 1.82) is 0 Å². The molecule has 0 saturated heterocycles. The molecule has 0 bridgehead atoms. The molecule has 0 aliphatic heterocycles. The van der Waals surface area contributed by atoms with Crippen LogP contribution in [0, 0.1) is 5.92 Å². The van der Waals surface area contributed by atoms with Gasteiger partial charge in [0.25, 0.3) is 10.0 Å². The Morgan fingerprint density at radius 2 is 1.89 bits per heavy atom. The third-order valence-corrected chi connectivity index (χ3v) is 7.96. The van der Waals surface area contributed by atoms with E-state index in [9.17, 15) is 13.2 Å². The van der Waals surface area contributed by atoms with Gasteiger partial charge >= 0.3 is 0 Å². The Labute approximate surface area is 165 Å². The summed E-state index contributed by atoms with van der Waals surface area (Å²) >= 11 is 1.14. The van der Waals surface area contributed by atoms with Crippen LogP contribution in [0.25, 0.3) is 0 Å². The second-order valence-corrected chi connectivity index (χ2v) is 10.1. The first kappa shape index (κ1) is 20.0. The van der Waals surface area contributed by atoms with Crippen LogP contribution in [0.5, 0.6) is 0 Å². The second-order valence-electron chi connectivity index (χ2n) is 7.17. The molecule has 1 amide bonds. The molecule has 7 heteroatoms. The molecule has 0 spiro atoms. The number of hydrogen-bond acceptors (Lipinski definition) is 4. The highest BCUT2D eigenvalue weighted by Crippen LogP contribution is 2.24. The summed E-state index contributed by atoms with van der Waals surface area (Å²) < 4.78 is 28.2. The molecule has 27 heavy (non-hydrogen) atoms. The Balaban J connectivity index is 1.77. The number of benzene rings is 1. The maximum absolute atomic E-state index is 13.0. The van der Waals surface area contributed by atoms with E-state index in [1.807, 2.05) is 30.3 Å². The summed E-state index contributed by atoms with van der Waals surface area (Å²) in [5.74, 6) is 0.159. The molecule has 2 N–H and O–H groups in total. The van der Waals surface area contributed by atoms with Crippen molar-refractivity contribution < 1.29 is 13.2 Å². The summed E-state index contributed by atoms with van der Waals surface area (Å²) in [4.78, 5) is 13.0. The zero-order chi connectivity index (χ0) is 19.3. The molecular weight excluding hydrogens is 380 g/mol. The molecule has 1 aliphatic carbocycles. The topological polar surface area (TPSA) is 75.3 Å². The summed E-state index contributed by atoms with van der Waals surface area (Å²) in [6, 6.07) is 12.0. The van der Waals surface area contributed by atoms with Gasteiger partial charge in [-0.3, -0.25) is 4.79 Å². The number of carbonyl (C=O) groups excluding carboxylic acids is 1. The first-order valence-corrected chi connectivity index (χ1v) is 11.7. The van der Waals surface area contributed by atoms with Gasteiger partial charge in [-0.05, 0) is 42.2 Å². The third-order valence-electron chi connectivity index (χ3n) is 5.10. The maximum Gasteiger partial charge on any atom is 0.250 e. The highest BCUT2D eigenvalue weighted by atomic mass is 32.2. The molecule has 1 saturated carbocycles. The van der Waals surface area contributed by atoms with Crippen LogP contribution in [-0.2, 0) is 21.2 Å². The Hall–Kier alpha value is -1.70. The average molecular weight is 407 g/mol. The van der Waals surface area contributed by atoms with Crippen molar-refractivity contribution in [3.63, 3.8) is 0 Å². The molecule has 1 fully saturated rings. The van der Waals surface area contributed by atoms with Gasteiger partial charge in [-0.25, -0.2) is 8.42 Å². The number of nitrogens with one attached hydrogen (secondary N) is 2. The SMILES string of the molecule is C[C@@H]1CCCC[C@H]1NC(=O)[C@@H](Cc1ccccc1)NS(=O)(=O)c1cccs1. The minimum atomic E-state index is -3.73. The monoisotopic (exact) mass is 406 g/mol. The largest absolute Gasteiger partial charge is 0.352 e. The molecule has 0 unspecified atom stereocenters. The van der Waals surface area contributed by atoms with Crippen LogP contribution in [0.15, 0.2) is 52.1 Å². The summed E-state index contributed by atoms with van der Waals surface area (Å²) in [5, 5.41) is 4.81. The molecular formula is C20H26N2O3S2. The van der Waals surface area contributed by atoms with Crippen molar-refractivity contribution in [3.05, 3.63) is 53.4 Å². The van der Waals surface area contributed by atoms with Crippen LogP contribution in [0.4, 0.5) is 0 Å². The normalized spacial score (nSPS) is 21.5. The highest BCUT2D eigenvalue weighted by Gasteiger charge is 2.30. The standard InChI is InChI=1S/C20H26N2O3S2/c1-15-8-5-6-11-17(15)21-20(23)18(14-16-9-3-2-4-10-16)22-27(24,25)19-12-7-13-26-19/h2-4,7,9-10,12-13,15,17-18,22H,5-6,8,11,14H2,1H3,(H,21,23)/t15-,17-,18-/m1/s1. The fourth-order valence-electron chi connectivity index (χ4n) is 3.51. The fourth-order valence-corrected chi connectivity index (χ4v) is 5.72. The summed E-state index contributed by atoms with van der Waals surface area (Å²) in [5.41, 5.74) is 0.920. The smallest absolute Gasteiger partial charge is 0.250 e. The highest BCUT2D eigenvalue weighted by molar-refractivity contribution is 7.91. The van der Waals surface area contributed by atoms with Crippen LogP contribution in [0.3, 0.4) is 0 Å². The summed E-state index contributed by atoms with van der Waals surface area (Å²) in [7, 11) is -3.73. The van der Waals surface area contributed by atoms with E-state index in [1.54, 1.807) is 17.5 Å². The van der Waals surface area contributed by atoms with Gasteiger partial charge in [-0.1, -0.05) is 56.2 Å². The van der Waals surface area contributed by atoms with E-state index in [0.717, 1.165) is 36.2 Å². The molecule has 1 aromatic carbocycles. The maximum atomic E-state index is 13.0. The first-order valence-electron chi connectivity index (χ1n) is 9.36. The predicted octanol–water partition coefficient (Wildman–Crippen LogP) is 3.33. The van der Waals surface area contributed by atoms with E-state index < -0.39 is 16.1 Å². The van der Waals surface area contributed by atoms with Crippen molar-refractivity contribution >= 4 is 27.3 Å². The first-order chi connectivity index (χ1) is 13.0. The van der Waals surface area contributed by atoms with Gasteiger partial charge in [0.1, 0.15) is 10.3 Å². The van der Waals surface area contributed by atoms with Crippen molar-refractivity contribution in [3.8, 4) is 0 Å². The van der Waals surface area contributed by atoms with Gasteiger partial charge in [0.2, 0.25) is 5.91 Å². The van der Waals surface area contributed by atoms with E-state index in [4.69, 9.17) is 0 Å². The van der Waals surface area contributed by atoms with E-state index in [0.29, 0.717) is 12.3 Å². The van der Waals surface area contributed by atoms with Gasteiger partial charge in [-0.2, -0.15) is 4.72 Å². The Morgan fingerprint density at radius 3 is 2.56 bits per heavy atom. The second kappa shape index (κ2) is 8.99.